The first-order valence-corrected chi connectivity index (χ1v) is 11.4. The van der Waals surface area contributed by atoms with Gasteiger partial charge < -0.3 is 4.12 Å². The van der Waals surface area contributed by atoms with Gasteiger partial charge >= 0.3 is 18.4 Å². The van der Waals surface area contributed by atoms with Crippen molar-refractivity contribution in [2.75, 3.05) is 14.9 Å². The van der Waals surface area contributed by atoms with E-state index in [2.05, 4.69) is 5.48 Å². The zero-order valence-corrected chi connectivity index (χ0v) is 16.2. The van der Waals surface area contributed by atoms with Gasteiger partial charge in [-0.2, -0.15) is 0 Å². The summed E-state index contributed by atoms with van der Waals surface area (Å²) in [4.78, 5) is 0. The normalized spacial score (nSPS) is 21.2. The Bertz CT molecular complexity index is 906. The van der Waals surface area contributed by atoms with Crippen LogP contribution in [0.4, 0.5) is 17.1 Å². The fourth-order valence-corrected chi connectivity index (χ4v) is 6.64. The third kappa shape index (κ3) is 3.47. The fraction of sp³-hybridized carbons (Fsp3) is 0. The van der Waals surface area contributed by atoms with E-state index in [1.165, 1.54) is 0 Å². The maximum Gasteiger partial charge on any atom is 0.694 e. The number of anilines is 3. The van der Waals surface area contributed by atoms with Gasteiger partial charge in [0.1, 0.15) is 0 Å². The van der Waals surface area contributed by atoms with Crippen molar-refractivity contribution in [2.24, 2.45) is 0 Å². The minimum atomic E-state index is -3.08. The molecule has 1 N–H and O–H groups in total. The first-order valence-electron chi connectivity index (χ1n) is 8.47. The van der Waals surface area contributed by atoms with Crippen molar-refractivity contribution in [3.63, 3.8) is 0 Å². The van der Waals surface area contributed by atoms with Gasteiger partial charge in [-0.1, -0.05) is 54.6 Å². The number of nitrogens with zero attached hydrogens (tertiary/aromatic N) is 2. The molecule has 5 rings (SSSR count). The van der Waals surface area contributed by atoms with E-state index >= 15 is 0 Å². The maximum atomic E-state index is 6.18. The van der Waals surface area contributed by atoms with E-state index < -0.39 is 18.4 Å². The molecule has 2 fully saturated rings. The number of rotatable bonds is 7. The molecule has 27 heavy (non-hydrogen) atoms. The molecule has 1 atom stereocenters. The predicted octanol–water partition coefficient (Wildman–Crippen LogP) is 3.37. The number of para-hydroxylation sites is 3. The van der Waals surface area contributed by atoms with Crippen LogP contribution in [0.1, 0.15) is 0 Å². The zero-order chi connectivity index (χ0) is 18.1. The van der Waals surface area contributed by atoms with Crippen molar-refractivity contribution in [1.29, 1.82) is 0 Å². The van der Waals surface area contributed by atoms with Gasteiger partial charge in [0.2, 0.25) is 0 Å². The Morgan fingerprint density at radius 3 is 2.04 bits per heavy atom. The number of benzene rings is 3. The summed E-state index contributed by atoms with van der Waals surface area (Å²) in [6, 6.07) is 29.2. The topological polar surface area (TPSA) is 61.6 Å². The summed E-state index contributed by atoms with van der Waals surface area (Å²) >= 11 is 0. The van der Waals surface area contributed by atoms with Crippen molar-refractivity contribution in [3.05, 3.63) is 91.0 Å². The molecule has 0 aliphatic carbocycles. The molecule has 1 unspecified atom stereocenters. The second-order valence-electron chi connectivity index (χ2n) is 5.90. The highest BCUT2D eigenvalue weighted by molar-refractivity contribution is 6.81. The Morgan fingerprint density at radius 1 is 0.778 bits per heavy atom. The van der Waals surface area contributed by atoms with Gasteiger partial charge in [-0.05, 0) is 36.4 Å². The summed E-state index contributed by atoms with van der Waals surface area (Å²) in [5.74, 6) is 0. The summed E-state index contributed by atoms with van der Waals surface area (Å²) in [5, 5.41) is 0. The van der Waals surface area contributed by atoms with Crippen molar-refractivity contribution < 1.29 is 17.7 Å². The molecular formula is C18H16N3O4Si2. The second kappa shape index (κ2) is 6.81. The van der Waals surface area contributed by atoms with Crippen LogP contribution in [0.3, 0.4) is 0 Å². The van der Waals surface area contributed by atoms with Gasteiger partial charge in [-0.3, -0.25) is 10.0 Å². The summed E-state index contributed by atoms with van der Waals surface area (Å²) in [6.45, 7) is 0. The Labute approximate surface area is 159 Å². The second-order valence-corrected chi connectivity index (χ2v) is 9.68. The van der Waals surface area contributed by atoms with E-state index in [4.69, 9.17) is 17.7 Å². The van der Waals surface area contributed by atoms with Crippen LogP contribution in [-0.4, -0.2) is 18.4 Å². The number of nitrogens with one attached hydrogen (secondary N) is 1. The first kappa shape index (κ1) is 16.5. The average molecular weight is 395 g/mol. The van der Waals surface area contributed by atoms with Crippen LogP contribution < -0.4 is 14.9 Å². The minimum absolute atomic E-state index is 0.824. The van der Waals surface area contributed by atoms with Crippen LogP contribution in [0.2, 0.25) is 0 Å². The molecule has 7 nitrogen and oxygen atoms in total. The summed E-state index contributed by atoms with van der Waals surface area (Å²) in [6.07, 6.45) is 0. The highest BCUT2D eigenvalue weighted by Crippen LogP contribution is 2.41. The molecule has 0 bridgehead atoms. The molecule has 135 valence electrons. The zero-order valence-electron chi connectivity index (χ0n) is 14.2. The Balaban J connectivity index is 1.31. The van der Waals surface area contributed by atoms with Crippen LogP contribution in [0, 0.1) is 0 Å². The quantitative estimate of drug-likeness (QED) is 0.374. The molecule has 0 saturated carbocycles. The van der Waals surface area contributed by atoms with Crippen LogP contribution in [0.15, 0.2) is 91.0 Å². The van der Waals surface area contributed by atoms with Crippen LogP contribution >= 0.6 is 0 Å². The maximum absolute atomic E-state index is 6.18. The van der Waals surface area contributed by atoms with E-state index in [1.54, 1.807) is 9.46 Å². The number of hydrogen-bond donors (Lipinski definition) is 1. The van der Waals surface area contributed by atoms with Crippen LogP contribution in [0.5, 0.6) is 0 Å². The smallest absolute Gasteiger partial charge is 0.351 e. The molecular weight excluding hydrogens is 378 g/mol. The van der Waals surface area contributed by atoms with Crippen molar-refractivity contribution in [3.8, 4) is 0 Å². The van der Waals surface area contributed by atoms with Gasteiger partial charge in [0.25, 0.3) is 0 Å². The molecule has 1 radical (unpaired) electrons. The van der Waals surface area contributed by atoms with E-state index in [0.717, 1.165) is 17.1 Å². The lowest BCUT2D eigenvalue weighted by molar-refractivity contribution is 0.271. The van der Waals surface area contributed by atoms with E-state index in [1.807, 2.05) is 91.0 Å². The van der Waals surface area contributed by atoms with Crippen molar-refractivity contribution in [2.45, 2.75) is 0 Å². The van der Waals surface area contributed by atoms with Crippen molar-refractivity contribution >= 4 is 35.5 Å². The lowest BCUT2D eigenvalue weighted by atomic mass is 10.3. The lowest BCUT2D eigenvalue weighted by Crippen LogP contribution is -2.39. The molecule has 2 aliphatic rings. The minimum Gasteiger partial charge on any atom is -0.351 e. The summed E-state index contributed by atoms with van der Waals surface area (Å²) in [7, 11) is -4.73. The van der Waals surface area contributed by atoms with E-state index in [-0.39, 0.29) is 0 Å². The third-order valence-electron chi connectivity index (χ3n) is 4.00. The molecule has 2 aliphatic heterocycles. The lowest BCUT2D eigenvalue weighted by Gasteiger charge is -2.10. The fourth-order valence-electron chi connectivity index (χ4n) is 2.59. The Kier molecular flexibility index (Phi) is 4.16. The van der Waals surface area contributed by atoms with Crippen molar-refractivity contribution in [1.82, 2.24) is 0 Å². The predicted molar refractivity (Wildman–Crippen MR) is 104 cm³/mol. The summed E-state index contributed by atoms with van der Waals surface area (Å²) in [5.41, 5.74) is 5.61. The highest BCUT2D eigenvalue weighted by Gasteiger charge is 2.74. The number of hydrogen-bond acceptors (Lipinski definition) is 7. The molecule has 9 heteroatoms. The standard InChI is InChI=1S/C18H16N3O4Si2/c1-4-10-16(11-5-1)19-22-27(21(24-27)18-14-8-3-9-15-18)25-26-20(23-26)17-12-6-2-7-13-17/h1-15,19H. The molecule has 0 aromatic heterocycles. The third-order valence-corrected chi connectivity index (χ3v) is 8.05. The molecule has 0 amide bonds. The molecule has 3 aromatic carbocycles. The summed E-state index contributed by atoms with van der Waals surface area (Å²) < 4.78 is 27.1. The molecule has 0 spiro atoms. The highest BCUT2D eigenvalue weighted by atomic mass is 28.5. The van der Waals surface area contributed by atoms with E-state index in [0.29, 0.717) is 0 Å². The van der Waals surface area contributed by atoms with Gasteiger partial charge in [0.05, 0.1) is 17.1 Å². The largest absolute Gasteiger partial charge is 0.694 e. The molecule has 2 heterocycles. The molecule has 3 aromatic rings. The van der Waals surface area contributed by atoms with Gasteiger partial charge in [0.15, 0.2) is 0 Å². The Hall–Kier alpha value is -2.67. The molecule has 2 saturated heterocycles. The SMILES string of the molecule is c1ccc(NO[Si]2(O[Si]3ON3c3ccccc3)ON2c2ccccc2)cc1. The van der Waals surface area contributed by atoms with E-state index in [9.17, 15) is 0 Å². The first-order chi connectivity index (χ1) is 13.3. The average Bonchev–Trinajstić information content (AvgIpc) is 3.66. The monoisotopic (exact) mass is 394 g/mol. The van der Waals surface area contributed by atoms with Gasteiger partial charge in [-0.25, -0.2) is 18.5 Å². The van der Waals surface area contributed by atoms with Crippen LogP contribution in [0.25, 0.3) is 0 Å². The Morgan fingerprint density at radius 2 is 1.37 bits per heavy atom. The van der Waals surface area contributed by atoms with Gasteiger partial charge in [-0.15, -0.1) is 0 Å². The van der Waals surface area contributed by atoms with Gasteiger partial charge in [0, 0.05) is 0 Å². The van der Waals surface area contributed by atoms with Crippen LogP contribution in [-0.2, 0) is 17.7 Å².